The molecular formula is C15H11N3O5. The molecule has 0 aliphatic carbocycles. The topological polar surface area (TPSA) is 107 Å². The number of imidazole rings is 1. The van der Waals surface area contributed by atoms with Crippen LogP contribution >= 0.6 is 0 Å². The van der Waals surface area contributed by atoms with Gasteiger partial charge in [0.1, 0.15) is 5.56 Å². The van der Waals surface area contributed by atoms with Crippen LogP contribution in [0.1, 0.15) is 10.4 Å². The highest BCUT2D eigenvalue weighted by atomic mass is 16.6. The fourth-order valence-electron chi connectivity index (χ4n) is 2.31. The Morgan fingerprint density at radius 3 is 2.83 bits per heavy atom. The average Bonchev–Trinajstić information content (AvgIpc) is 2.97. The number of methoxy groups -OCH3 is 1. The first-order valence-electron chi connectivity index (χ1n) is 6.55. The SMILES string of the molecule is COc1ccc(-c2cn3cccc(C(=O)O)c3n2)cc1[N+](=O)[O-]. The lowest BCUT2D eigenvalue weighted by Crippen LogP contribution is -1.99. The Morgan fingerprint density at radius 1 is 1.39 bits per heavy atom. The summed E-state index contributed by atoms with van der Waals surface area (Å²) in [6.45, 7) is 0. The van der Waals surface area contributed by atoms with Crippen molar-refractivity contribution in [3.63, 3.8) is 0 Å². The van der Waals surface area contributed by atoms with E-state index in [4.69, 9.17) is 4.74 Å². The van der Waals surface area contributed by atoms with Gasteiger partial charge in [0, 0.05) is 24.0 Å². The van der Waals surface area contributed by atoms with Crippen molar-refractivity contribution in [2.24, 2.45) is 0 Å². The van der Waals surface area contributed by atoms with E-state index in [0.717, 1.165) is 0 Å². The van der Waals surface area contributed by atoms with Gasteiger partial charge in [0.2, 0.25) is 0 Å². The van der Waals surface area contributed by atoms with Crippen LogP contribution in [0, 0.1) is 10.1 Å². The molecule has 0 unspecified atom stereocenters. The molecule has 0 saturated carbocycles. The van der Waals surface area contributed by atoms with E-state index in [1.165, 1.54) is 25.3 Å². The van der Waals surface area contributed by atoms with Crippen molar-refractivity contribution >= 4 is 17.3 Å². The molecule has 1 N–H and O–H groups in total. The Kier molecular flexibility index (Phi) is 3.41. The van der Waals surface area contributed by atoms with Crippen molar-refractivity contribution in [2.45, 2.75) is 0 Å². The highest BCUT2D eigenvalue weighted by Gasteiger charge is 2.18. The number of aromatic nitrogens is 2. The maximum absolute atomic E-state index is 11.2. The molecule has 0 fully saturated rings. The lowest BCUT2D eigenvalue weighted by atomic mass is 10.1. The van der Waals surface area contributed by atoms with E-state index in [1.807, 2.05) is 0 Å². The summed E-state index contributed by atoms with van der Waals surface area (Å²) in [5.41, 5.74) is 1.08. The highest BCUT2D eigenvalue weighted by molar-refractivity contribution is 5.94. The molecule has 2 heterocycles. The van der Waals surface area contributed by atoms with Crippen molar-refractivity contribution in [2.75, 3.05) is 7.11 Å². The number of aromatic carboxylic acids is 1. The number of fused-ring (bicyclic) bond motifs is 1. The first kappa shape index (κ1) is 14.5. The fourth-order valence-corrected chi connectivity index (χ4v) is 2.31. The second-order valence-electron chi connectivity index (χ2n) is 4.73. The molecule has 0 atom stereocenters. The molecule has 116 valence electrons. The van der Waals surface area contributed by atoms with Gasteiger partial charge in [0.05, 0.1) is 17.7 Å². The quantitative estimate of drug-likeness (QED) is 0.586. The minimum absolute atomic E-state index is 0.0572. The number of benzene rings is 1. The first-order valence-corrected chi connectivity index (χ1v) is 6.55. The van der Waals surface area contributed by atoms with Gasteiger partial charge in [-0.25, -0.2) is 9.78 Å². The fraction of sp³-hybridized carbons (Fsp3) is 0.0667. The predicted octanol–water partition coefficient (Wildman–Crippen LogP) is 2.62. The average molecular weight is 313 g/mol. The molecule has 3 aromatic rings. The lowest BCUT2D eigenvalue weighted by Gasteiger charge is -2.02. The Balaban J connectivity index is 2.17. The number of nitro benzene ring substituents is 1. The molecule has 0 amide bonds. The second kappa shape index (κ2) is 5.41. The van der Waals surface area contributed by atoms with Gasteiger partial charge in [-0.3, -0.25) is 10.1 Å². The number of carbonyl (C=O) groups is 1. The van der Waals surface area contributed by atoms with E-state index >= 15 is 0 Å². The molecular weight excluding hydrogens is 302 g/mol. The van der Waals surface area contributed by atoms with Gasteiger partial charge in [0.15, 0.2) is 11.4 Å². The van der Waals surface area contributed by atoms with Crippen molar-refractivity contribution in [3.8, 4) is 17.0 Å². The second-order valence-corrected chi connectivity index (χ2v) is 4.73. The molecule has 2 aromatic heterocycles. The van der Waals surface area contributed by atoms with Crippen molar-refractivity contribution in [3.05, 3.63) is 58.4 Å². The predicted molar refractivity (Wildman–Crippen MR) is 80.8 cm³/mol. The van der Waals surface area contributed by atoms with E-state index < -0.39 is 10.9 Å². The number of hydrogen-bond acceptors (Lipinski definition) is 5. The number of rotatable bonds is 4. The summed E-state index contributed by atoms with van der Waals surface area (Å²) in [5.74, 6) is -0.942. The van der Waals surface area contributed by atoms with Gasteiger partial charge < -0.3 is 14.2 Å². The zero-order chi connectivity index (χ0) is 16.6. The summed E-state index contributed by atoms with van der Waals surface area (Å²) in [5, 5.41) is 20.3. The van der Waals surface area contributed by atoms with E-state index in [9.17, 15) is 20.0 Å². The van der Waals surface area contributed by atoms with Crippen molar-refractivity contribution < 1.29 is 19.6 Å². The number of carboxylic acid groups (broad SMARTS) is 1. The summed E-state index contributed by atoms with van der Waals surface area (Å²) in [6, 6.07) is 7.51. The number of hydrogen-bond donors (Lipinski definition) is 1. The molecule has 0 saturated heterocycles. The number of nitro groups is 1. The molecule has 0 spiro atoms. The summed E-state index contributed by atoms with van der Waals surface area (Å²) < 4.78 is 6.53. The third kappa shape index (κ3) is 2.46. The minimum Gasteiger partial charge on any atom is -0.490 e. The largest absolute Gasteiger partial charge is 0.490 e. The monoisotopic (exact) mass is 313 g/mol. The molecule has 0 aliphatic rings. The van der Waals surface area contributed by atoms with E-state index in [2.05, 4.69) is 4.98 Å². The molecule has 1 aromatic carbocycles. The Hall–Kier alpha value is -3.42. The van der Waals surface area contributed by atoms with Crippen LogP contribution in [-0.2, 0) is 0 Å². The van der Waals surface area contributed by atoms with Crippen molar-refractivity contribution in [1.82, 2.24) is 9.38 Å². The van der Waals surface area contributed by atoms with Gasteiger partial charge >= 0.3 is 11.7 Å². The van der Waals surface area contributed by atoms with Gasteiger partial charge in [-0.15, -0.1) is 0 Å². The molecule has 3 rings (SSSR count). The minimum atomic E-state index is -1.09. The van der Waals surface area contributed by atoms with Gasteiger partial charge in [0.25, 0.3) is 0 Å². The molecule has 0 bridgehead atoms. The molecule has 0 aliphatic heterocycles. The molecule has 8 heteroatoms. The zero-order valence-electron chi connectivity index (χ0n) is 12.0. The van der Waals surface area contributed by atoms with Crippen molar-refractivity contribution in [1.29, 1.82) is 0 Å². The van der Waals surface area contributed by atoms with Crippen LogP contribution in [0.15, 0.2) is 42.7 Å². The van der Waals surface area contributed by atoms with E-state index in [1.54, 1.807) is 28.9 Å². The maximum Gasteiger partial charge on any atom is 0.339 e. The van der Waals surface area contributed by atoms with E-state index in [0.29, 0.717) is 11.3 Å². The van der Waals surface area contributed by atoms with Crippen LogP contribution in [-0.4, -0.2) is 32.5 Å². The number of carboxylic acids is 1. The normalized spacial score (nSPS) is 10.7. The summed E-state index contributed by atoms with van der Waals surface area (Å²) in [4.78, 5) is 26.1. The van der Waals surface area contributed by atoms with Crippen LogP contribution in [0.25, 0.3) is 16.9 Å². The molecule has 23 heavy (non-hydrogen) atoms. The van der Waals surface area contributed by atoms with Crippen LogP contribution < -0.4 is 4.74 Å². The summed E-state index contributed by atoms with van der Waals surface area (Å²) in [7, 11) is 1.35. The molecule has 0 radical (unpaired) electrons. The Bertz CT molecular complexity index is 932. The standard InChI is InChI=1S/C15H11N3O5/c1-23-13-5-4-9(7-12(13)18(21)22)11-8-17-6-2-3-10(15(19)20)14(17)16-11/h2-8H,1H3,(H,19,20). The number of pyridine rings is 1. The third-order valence-corrected chi connectivity index (χ3v) is 3.38. The van der Waals surface area contributed by atoms with Crippen LogP contribution in [0.4, 0.5) is 5.69 Å². The Labute approximate surface area is 129 Å². The maximum atomic E-state index is 11.2. The third-order valence-electron chi connectivity index (χ3n) is 3.38. The van der Waals surface area contributed by atoms with Gasteiger partial charge in [-0.05, 0) is 24.3 Å². The summed E-state index contributed by atoms with van der Waals surface area (Å²) >= 11 is 0. The van der Waals surface area contributed by atoms with Gasteiger partial charge in [-0.2, -0.15) is 0 Å². The highest BCUT2D eigenvalue weighted by Crippen LogP contribution is 2.32. The van der Waals surface area contributed by atoms with Crippen LogP contribution in [0.5, 0.6) is 5.75 Å². The Morgan fingerprint density at radius 2 is 2.17 bits per heavy atom. The smallest absolute Gasteiger partial charge is 0.339 e. The van der Waals surface area contributed by atoms with Crippen LogP contribution in [0.3, 0.4) is 0 Å². The van der Waals surface area contributed by atoms with E-state index in [-0.39, 0.29) is 22.6 Å². The molecule has 8 nitrogen and oxygen atoms in total. The first-order chi connectivity index (χ1) is 11.0. The van der Waals surface area contributed by atoms with Crippen LogP contribution in [0.2, 0.25) is 0 Å². The summed E-state index contributed by atoms with van der Waals surface area (Å²) in [6.07, 6.45) is 3.28. The number of nitrogens with zero attached hydrogens (tertiary/aromatic N) is 3. The lowest BCUT2D eigenvalue weighted by molar-refractivity contribution is -0.385. The van der Waals surface area contributed by atoms with Gasteiger partial charge in [-0.1, -0.05) is 0 Å². The number of ether oxygens (including phenoxy) is 1. The zero-order valence-corrected chi connectivity index (χ0v) is 12.0.